The van der Waals surface area contributed by atoms with Crippen molar-refractivity contribution in [3.63, 3.8) is 0 Å². The lowest BCUT2D eigenvalue weighted by Crippen LogP contribution is -2.33. The second kappa shape index (κ2) is 7.19. The van der Waals surface area contributed by atoms with Crippen LogP contribution < -0.4 is 0 Å². The Hall–Kier alpha value is -0.930. The quantitative estimate of drug-likeness (QED) is 0.822. The molecule has 3 heterocycles. The third-order valence-electron chi connectivity index (χ3n) is 4.80. The monoisotopic (exact) mass is 273 g/mol. The van der Waals surface area contributed by atoms with Crippen LogP contribution in [0.3, 0.4) is 0 Å². The number of aromatic nitrogens is 1. The molecule has 3 rings (SSSR count). The van der Waals surface area contributed by atoms with E-state index in [1.807, 2.05) is 12.4 Å². The lowest BCUT2D eigenvalue weighted by atomic mass is 10.1. The minimum absolute atomic E-state index is 0.616. The summed E-state index contributed by atoms with van der Waals surface area (Å²) in [5.41, 5.74) is 1.41. The molecule has 2 saturated heterocycles. The van der Waals surface area contributed by atoms with Crippen LogP contribution in [0.2, 0.25) is 0 Å². The summed E-state index contributed by atoms with van der Waals surface area (Å²) < 4.78 is 0. The maximum Gasteiger partial charge on any atom is 0.0363 e. The highest BCUT2D eigenvalue weighted by molar-refractivity contribution is 5.15. The highest BCUT2D eigenvalue weighted by Crippen LogP contribution is 2.31. The molecule has 0 aliphatic carbocycles. The molecule has 0 aromatic carbocycles. The number of pyridine rings is 1. The molecular weight excluding hydrogens is 246 g/mol. The molecule has 1 aromatic rings. The summed E-state index contributed by atoms with van der Waals surface area (Å²) in [5, 5.41) is 0. The SMILES string of the molecule is c1cncc(C2CCCN2CCCN2CCCCC2)c1. The zero-order chi connectivity index (χ0) is 13.6. The molecule has 0 saturated carbocycles. The second-order valence-electron chi connectivity index (χ2n) is 6.24. The van der Waals surface area contributed by atoms with Gasteiger partial charge in [-0.2, -0.15) is 0 Å². The number of rotatable bonds is 5. The molecule has 0 N–H and O–H groups in total. The normalized spacial score (nSPS) is 25.1. The fourth-order valence-corrected chi connectivity index (χ4v) is 3.72. The van der Waals surface area contributed by atoms with Crippen molar-refractivity contribution in [2.75, 3.05) is 32.7 Å². The van der Waals surface area contributed by atoms with Gasteiger partial charge in [-0.25, -0.2) is 0 Å². The van der Waals surface area contributed by atoms with Crippen molar-refractivity contribution in [1.82, 2.24) is 14.8 Å². The third-order valence-corrected chi connectivity index (χ3v) is 4.80. The van der Waals surface area contributed by atoms with Gasteiger partial charge < -0.3 is 4.90 Å². The highest BCUT2D eigenvalue weighted by Gasteiger charge is 2.25. The van der Waals surface area contributed by atoms with Crippen LogP contribution >= 0.6 is 0 Å². The first kappa shape index (κ1) is 14.0. The first-order valence-corrected chi connectivity index (χ1v) is 8.30. The maximum atomic E-state index is 4.28. The highest BCUT2D eigenvalue weighted by atomic mass is 15.2. The zero-order valence-electron chi connectivity index (χ0n) is 12.5. The van der Waals surface area contributed by atoms with Crippen LogP contribution in [0.25, 0.3) is 0 Å². The summed E-state index contributed by atoms with van der Waals surface area (Å²) in [5.74, 6) is 0. The summed E-state index contributed by atoms with van der Waals surface area (Å²) in [4.78, 5) is 9.60. The van der Waals surface area contributed by atoms with Gasteiger partial charge in [0.25, 0.3) is 0 Å². The van der Waals surface area contributed by atoms with E-state index in [9.17, 15) is 0 Å². The summed E-state index contributed by atoms with van der Waals surface area (Å²) in [6.45, 7) is 6.45. The molecule has 1 aromatic heterocycles. The Morgan fingerprint density at radius 2 is 1.95 bits per heavy atom. The van der Waals surface area contributed by atoms with Gasteiger partial charge in [0, 0.05) is 18.4 Å². The average molecular weight is 273 g/mol. The van der Waals surface area contributed by atoms with Crippen molar-refractivity contribution in [1.29, 1.82) is 0 Å². The molecule has 2 fully saturated rings. The second-order valence-corrected chi connectivity index (χ2v) is 6.24. The summed E-state index contributed by atoms with van der Waals surface area (Å²) in [6.07, 6.45) is 12.1. The smallest absolute Gasteiger partial charge is 0.0363 e. The minimum Gasteiger partial charge on any atom is -0.303 e. The van der Waals surface area contributed by atoms with Crippen LogP contribution in [0, 0.1) is 0 Å². The van der Waals surface area contributed by atoms with E-state index in [0.717, 1.165) is 0 Å². The minimum atomic E-state index is 0.616. The Morgan fingerprint density at radius 1 is 1.05 bits per heavy atom. The topological polar surface area (TPSA) is 19.4 Å². The van der Waals surface area contributed by atoms with E-state index in [1.165, 1.54) is 76.8 Å². The third kappa shape index (κ3) is 3.58. The van der Waals surface area contributed by atoms with Crippen LogP contribution in [-0.2, 0) is 0 Å². The van der Waals surface area contributed by atoms with Gasteiger partial charge in [0.2, 0.25) is 0 Å². The van der Waals surface area contributed by atoms with Gasteiger partial charge in [-0.15, -0.1) is 0 Å². The fraction of sp³-hybridized carbons (Fsp3) is 0.706. The van der Waals surface area contributed by atoms with Gasteiger partial charge >= 0.3 is 0 Å². The van der Waals surface area contributed by atoms with Crippen molar-refractivity contribution in [3.05, 3.63) is 30.1 Å². The lowest BCUT2D eigenvalue weighted by molar-refractivity contribution is 0.196. The summed E-state index contributed by atoms with van der Waals surface area (Å²) >= 11 is 0. The molecule has 0 amide bonds. The molecule has 0 bridgehead atoms. The molecular formula is C17H27N3. The fourth-order valence-electron chi connectivity index (χ4n) is 3.72. The van der Waals surface area contributed by atoms with Crippen molar-refractivity contribution in [3.8, 4) is 0 Å². The molecule has 1 atom stereocenters. The van der Waals surface area contributed by atoms with Crippen LogP contribution in [0.15, 0.2) is 24.5 Å². The lowest BCUT2D eigenvalue weighted by Gasteiger charge is -2.29. The maximum absolute atomic E-state index is 4.28. The Balaban J connectivity index is 1.46. The summed E-state index contributed by atoms with van der Waals surface area (Å²) in [7, 11) is 0. The number of hydrogen-bond donors (Lipinski definition) is 0. The van der Waals surface area contributed by atoms with E-state index in [0.29, 0.717) is 6.04 Å². The molecule has 20 heavy (non-hydrogen) atoms. The van der Waals surface area contributed by atoms with Gasteiger partial charge in [-0.3, -0.25) is 9.88 Å². The first-order chi connectivity index (χ1) is 9.93. The molecule has 0 radical (unpaired) electrons. The van der Waals surface area contributed by atoms with E-state index in [1.54, 1.807) is 0 Å². The summed E-state index contributed by atoms with van der Waals surface area (Å²) in [6, 6.07) is 4.92. The molecule has 0 spiro atoms. The zero-order valence-corrected chi connectivity index (χ0v) is 12.5. The van der Waals surface area contributed by atoms with E-state index < -0.39 is 0 Å². The number of hydrogen-bond acceptors (Lipinski definition) is 3. The molecule has 3 nitrogen and oxygen atoms in total. The average Bonchev–Trinajstić information content (AvgIpc) is 2.98. The van der Waals surface area contributed by atoms with Gasteiger partial charge in [-0.1, -0.05) is 12.5 Å². The van der Waals surface area contributed by atoms with Crippen molar-refractivity contribution >= 4 is 0 Å². The van der Waals surface area contributed by atoms with E-state index in [-0.39, 0.29) is 0 Å². The molecule has 2 aliphatic heterocycles. The number of piperidine rings is 1. The van der Waals surface area contributed by atoms with Crippen LogP contribution in [-0.4, -0.2) is 47.5 Å². The van der Waals surface area contributed by atoms with Gasteiger partial charge in [0.05, 0.1) is 0 Å². The standard InChI is InChI=1S/C17H27N3/c1-2-10-19(11-3-1)12-6-14-20-13-5-8-17(20)16-7-4-9-18-15-16/h4,7,9,15,17H,1-3,5-6,8,10-14H2. The predicted molar refractivity (Wildman–Crippen MR) is 82.7 cm³/mol. The molecule has 3 heteroatoms. The predicted octanol–water partition coefficient (Wildman–Crippen LogP) is 3.09. The number of likely N-dealkylation sites (tertiary alicyclic amines) is 2. The van der Waals surface area contributed by atoms with Crippen molar-refractivity contribution < 1.29 is 0 Å². The molecule has 1 unspecified atom stereocenters. The van der Waals surface area contributed by atoms with Crippen molar-refractivity contribution in [2.45, 2.75) is 44.6 Å². The van der Waals surface area contributed by atoms with Crippen LogP contribution in [0.1, 0.15) is 50.1 Å². The van der Waals surface area contributed by atoms with E-state index in [4.69, 9.17) is 0 Å². The first-order valence-electron chi connectivity index (χ1n) is 8.30. The molecule has 2 aliphatic rings. The van der Waals surface area contributed by atoms with Gasteiger partial charge in [0.15, 0.2) is 0 Å². The van der Waals surface area contributed by atoms with Gasteiger partial charge in [0.1, 0.15) is 0 Å². The van der Waals surface area contributed by atoms with Gasteiger partial charge in [-0.05, 0) is 76.5 Å². The Labute approximate surface area is 123 Å². The Bertz CT molecular complexity index is 386. The van der Waals surface area contributed by atoms with E-state index >= 15 is 0 Å². The van der Waals surface area contributed by atoms with Crippen LogP contribution in [0.5, 0.6) is 0 Å². The Morgan fingerprint density at radius 3 is 2.75 bits per heavy atom. The Kier molecular flexibility index (Phi) is 5.04. The van der Waals surface area contributed by atoms with Crippen LogP contribution in [0.4, 0.5) is 0 Å². The largest absolute Gasteiger partial charge is 0.303 e. The number of nitrogens with zero attached hydrogens (tertiary/aromatic N) is 3. The van der Waals surface area contributed by atoms with Crippen molar-refractivity contribution in [2.24, 2.45) is 0 Å². The molecule has 110 valence electrons. The van der Waals surface area contributed by atoms with E-state index in [2.05, 4.69) is 26.9 Å².